The van der Waals surface area contributed by atoms with Crippen molar-refractivity contribution >= 4 is 17.0 Å². The lowest BCUT2D eigenvalue weighted by atomic mass is 10.0. The van der Waals surface area contributed by atoms with Crippen LogP contribution in [0, 0.1) is 6.92 Å². The molecule has 0 aromatic heterocycles. The molecule has 0 atom stereocenters. The Kier molecular flexibility index (Phi) is 2.12. The van der Waals surface area contributed by atoms with E-state index in [1.54, 1.807) is 0 Å². The summed E-state index contributed by atoms with van der Waals surface area (Å²) in [5, 5.41) is 0. The van der Waals surface area contributed by atoms with E-state index in [1.165, 1.54) is 16.8 Å². The molecular formula is C12H14N2. The van der Waals surface area contributed by atoms with Gasteiger partial charge < -0.3 is 5.73 Å². The van der Waals surface area contributed by atoms with Gasteiger partial charge in [0.25, 0.3) is 0 Å². The molecule has 0 bridgehead atoms. The standard InChI is InChI=1S/C12H14N2/c1-8-5-10(3-4-12(8)13)11-6-9(2)14-7-11/h3-5,7H,6,13H2,1-2H3. The van der Waals surface area contributed by atoms with Gasteiger partial charge in [-0.2, -0.15) is 0 Å². The highest BCUT2D eigenvalue weighted by atomic mass is 14.7. The first kappa shape index (κ1) is 9.00. The van der Waals surface area contributed by atoms with Crippen LogP contribution in [0.3, 0.4) is 0 Å². The number of rotatable bonds is 1. The van der Waals surface area contributed by atoms with Gasteiger partial charge in [0.1, 0.15) is 0 Å². The monoisotopic (exact) mass is 186 g/mol. The van der Waals surface area contributed by atoms with E-state index < -0.39 is 0 Å². The molecule has 1 aromatic carbocycles. The maximum Gasteiger partial charge on any atom is 0.0344 e. The molecule has 1 heterocycles. The summed E-state index contributed by atoms with van der Waals surface area (Å²) in [6.07, 6.45) is 2.91. The number of benzene rings is 1. The number of anilines is 1. The number of nitrogens with two attached hydrogens (primary N) is 1. The van der Waals surface area contributed by atoms with Crippen molar-refractivity contribution in [2.24, 2.45) is 4.99 Å². The number of hydrogen-bond donors (Lipinski definition) is 1. The number of hydrogen-bond acceptors (Lipinski definition) is 2. The van der Waals surface area contributed by atoms with Crippen molar-refractivity contribution in [3.8, 4) is 0 Å². The van der Waals surface area contributed by atoms with Crippen molar-refractivity contribution in [2.45, 2.75) is 20.3 Å². The average molecular weight is 186 g/mol. The van der Waals surface area contributed by atoms with Gasteiger partial charge >= 0.3 is 0 Å². The Bertz CT molecular complexity index is 428. The predicted octanol–water partition coefficient (Wildman–Crippen LogP) is 2.78. The Balaban J connectivity index is 2.31. The second kappa shape index (κ2) is 3.29. The molecule has 0 fully saturated rings. The Labute approximate surface area is 84.2 Å². The highest BCUT2D eigenvalue weighted by molar-refractivity contribution is 5.96. The lowest BCUT2D eigenvalue weighted by molar-refractivity contribution is 1.41. The number of nitrogen functional groups attached to an aromatic ring is 1. The van der Waals surface area contributed by atoms with E-state index >= 15 is 0 Å². The third-order valence-electron chi connectivity index (χ3n) is 2.53. The van der Waals surface area contributed by atoms with Crippen molar-refractivity contribution in [3.63, 3.8) is 0 Å². The van der Waals surface area contributed by atoms with Crippen LogP contribution >= 0.6 is 0 Å². The maximum atomic E-state index is 5.77. The Morgan fingerprint density at radius 3 is 2.64 bits per heavy atom. The lowest BCUT2D eigenvalue weighted by Crippen LogP contribution is -1.92. The molecule has 0 amide bonds. The van der Waals surface area contributed by atoms with Crippen LogP contribution in [0.1, 0.15) is 24.5 Å². The molecule has 1 aromatic rings. The molecule has 0 aliphatic carbocycles. The Morgan fingerprint density at radius 2 is 2.07 bits per heavy atom. The highest BCUT2D eigenvalue weighted by Crippen LogP contribution is 2.25. The van der Waals surface area contributed by atoms with Crippen LogP contribution < -0.4 is 5.73 Å². The average Bonchev–Trinajstić information content (AvgIpc) is 2.57. The van der Waals surface area contributed by atoms with Crippen molar-refractivity contribution in [1.29, 1.82) is 0 Å². The summed E-state index contributed by atoms with van der Waals surface area (Å²) >= 11 is 0. The first-order valence-electron chi connectivity index (χ1n) is 4.75. The van der Waals surface area contributed by atoms with E-state index in [1.807, 2.05) is 26.1 Å². The zero-order valence-electron chi connectivity index (χ0n) is 8.54. The number of nitrogens with zero attached hydrogens (tertiary/aromatic N) is 1. The van der Waals surface area contributed by atoms with E-state index in [0.29, 0.717) is 0 Å². The SMILES string of the molecule is CC1=NC=C(c2ccc(N)c(C)c2)C1. The van der Waals surface area contributed by atoms with Gasteiger partial charge in [0.15, 0.2) is 0 Å². The van der Waals surface area contributed by atoms with E-state index in [0.717, 1.165) is 17.7 Å². The summed E-state index contributed by atoms with van der Waals surface area (Å²) in [5.74, 6) is 0. The fourth-order valence-electron chi connectivity index (χ4n) is 1.61. The van der Waals surface area contributed by atoms with E-state index in [4.69, 9.17) is 5.73 Å². The third kappa shape index (κ3) is 1.55. The smallest absolute Gasteiger partial charge is 0.0344 e. The minimum atomic E-state index is 0.852. The summed E-state index contributed by atoms with van der Waals surface area (Å²) in [7, 11) is 0. The van der Waals surface area contributed by atoms with E-state index in [9.17, 15) is 0 Å². The minimum Gasteiger partial charge on any atom is -0.399 e. The Hall–Kier alpha value is -1.57. The van der Waals surface area contributed by atoms with Gasteiger partial charge in [-0.25, -0.2) is 0 Å². The van der Waals surface area contributed by atoms with Crippen molar-refractivity contribution in [3.05, 3.63) is 35.5 Å². The summed E-state index contributed by atoms with van der Waals surface area (Å²) < 4.78 is 0. The summed E-state index contributed by atoms with van der Waals surface area (Å²) in [6, 6.07) is 6.14. The zero-order valence-corrected chi connectivity index (χ0v) is 8.54. The van der Waals surface area contributed by atoms with E-state index in [-0.39, 0.29) is 0 Å². The fraction of sp³-hybridized carbons (Fsp3) is 0.250. The van der Waals surface area contributed by atoms with Crippen molar-refractivity contribution in [1.82, 2.24) is 0 Å². The van der Waals surface area contributed by atoms with Crippen LogP contribution in [0.15, 0.2) is 29.4 Å². The summed E-state index contributed by atoms with van der Waals surface area (Å²) in [5.41, 5.74) is 11.4. The number of aryl methyl sites for hydroxylation is 1. The molecule has 1 aliphatic rings. The quantitative estimate of drug-likeness (QED) is 0.673. The molecule has 0 saturated carbocycles. The van der Waals surface area contributed by atoms with Gasteiger partial charge in [0.2, 0.25) is 0 Å². The van der Waals surface area contributed by atoms with Crippen molar-refractivity contribution < 1.29 is 0 Å². The van der Waals surface area contributed by atoms with Gasteiger partial charge in [-0.05, 0) is 42.7 Å². The molecule has 0 saturated heterocycles. The second-order valence-corrected chi connectivity index (χ2v) is 3.77. The second-order valence-electron chi connectivity index (χ2n) is 3.77. The van der Waals surface area contributed by atoms with Gasteiger partial charge in [0, 0.05) is 24.0 Å². The summed E-state index contributed by atoms with van der Waals surface area (Å²) in [4.78, 5) is 4.27. The molecule has 1 aliphatic heterocycles. The molecular weight excluding hydrogens is 172 g/mol. The van der Waals surface area contributed by atoms with E-state index in [2.05, 4.69) is 17.1 Å². The lowest BCUT2D eigenvalue weighted by Gasteiger charge is -2.05. The molecule has 2 rings (SSSR count). The molecule has 2 nitrogen and oxygen atoms in total. The molecule has 0 unspecified atom stereocenters. The fourth-order valence-corrected chi connectivity index (χ4v) is 1.61. The van der Waals surface area contributed by atoms with Crippen LogP contribution in [-0.2, 0) is 0 Å². The molecule has 72 valence electrons. The molecule has 0 radical (unpaired) electrons. The molecule has 2 N–H and O–H groups in total. The van der Waals surface area contributed by atoms with Crippen LogP contribution in [0.2, 0.25) is 0 Å². The molecule has 0 spiro atoms. The molecule has 14 heavy (non-hydrogen) atoms. The zero-order chi connectivity index (χ0) is 10.1. The minimum absolute atomic E-state index is 0.852. The largest absolute Gasteiger partial charge is 0.399 e. The van der Waals surface area contributed by atoms with Crippen LogP contribution in [-0.4, -0.2) is 5.71 Å². The van der Waals surface area contributed by atoms with Crippen molar-refractivity contribution in [2.75, 3.05) is 5.73 Å². The number of allylic oxidation sites excluding steroid dienone is 1. The van der Waals surface area contributed by atoms with Crippen LogP contribution in [0.4, 0.5) is 5.69 Å². The first-order chi connectivity index (χ1) is 6.66. The van der Waals surface area contributed by atoms with Crippen LogP contribution in [0.25, 0.3) is 5.57 Å². The summed E-state index contributed by atoms with van der Waals surface area (Å²) in [6.45, 7) is 4.08. The van der Waals surface area contributed by atoms with Crippen LogP contribution in [0.5, 0.6) is 0 Å². The predicted molar refractivity (Wildman–Crippen MR) is 61.3 cm³/mol. The number of aliphatic imine (C=N–C) groups is 1. The Morgan fingerprint density at radius 1 is 1.29 bits per heavy atom. The normalized spacial score (nSPS) is 15.3. The van der Waals surface area contributed by atoms with Gasteiger partial charge in [-0.1, -0.05) is 6.07 Å². The van der Waals surface area contributed by atoms with Gasteiger partial charge in [0.05, 0.1) is 0 Å². The first-order valence-corrected chi connectivity index (χ1v) is 4.75. The highest BCUT2D eigenvalue weighted by Gasteiger charge is 2.08. The van der Waals surface area contributed by atoms with Gasteiger partial charge in [-0.3, -0.25) is 4.99 Å². The third-order valence-corrected chi connectivity index (χ3v) is 2.53. The topological polar surface area (TPSA) is 38.4 Å². The maximum absolute atomic E-state index is 5.77. The molecule has 2 heteroatoms. The van der Waals surface area contributed by atoms with Gasteiger partial charge in [-0.15, -0.1) is 0 Å².